The molecule has 0 radical (unpaired) electrons. The van der Waals surface area contributed by atoms with Crippen molar-refractivity contribution in [1.82, 2.24) is 15.1 Å². The fourth-order valence-electron chi connectivity index (χ4n) is 2.28. The number of likely N-dealkylation sites (tertiary alicyclic amines) is 1. The monoisotopic (exact) mass is 253 g/mol. The zero-order valence-corrected chi connectivity index (χ0v) is 11.2. The van der Waals surface area contributed by atoms with E-state index < -0.39 is 5.91 Å². The van der Waals surface area contributed by atoms with Crippen LogP contribution >= 0.6 is 0 Å². The molecule has 2 aliphatic heterocycles. The molecule has 0 aliphatic carbocycles. The summed E-state index contributed by atoms with van der Waals surface area (Å²) >= 11 is 0. The Balaban J connectivity index is 2.23. The van der Waals surface area contributed by atoms with E-state index in [4.69, 9.17) is 11.5 Å². The molecule has 0 amide bonds. The number of rotatable bonds is 1. The molecule has 2 aliphatic rings. The van der Waals surface area contributed by atoms with E-state index in [0.717, 1.165) is 25.9 Å². The van der Waals surface area contributed by atoms with Gasteiger partial charge in [0.15, 0.2) is 5.96 Å². The number of nitrogens with one attached hydrogen (secondary N) is 1. The second kappa shape index (κ2) is 5.11. The number of hydrogen-bond donors (Lipinski definition) is 3. The molecule has 0 spiro atoms. The molecule has 0 bridgehead atoms. The molecule has 5 N–H and O–H groups in total. The van der Waals surface area contributed by atoms with Crippen molar-refractivity contribution in [3.8, 4) is 0 Å². The van der Waals surface area contributed by atoms with Gasteiger partial charge >= 0.3 is 0 Å². The fraction of sp³-hybridized carbons (Fsp3) is 0.818. The first-order valence-electron chi connectivity index (χ1n) is 6.45. The maximum atomic E-state index is 6.33. The van der Waals surface area contributed by atoms with Gasteiger partial charge in [0.25, 0.3) is 5.91 Å². The van der Waals surface area contributed by atoms with Crippen molar-refractivity contribution in [2.24, 2.45) is 21.5 Å². The lowest BCUT2D eigenvalue weighted by Crippen LogP contribution is -2.61. The van der Waals surface area contributed by atoms with E-state index in [0.29, 0.717) is 11.9 Å². The summed E-state index contributed by atoms with van der Waals surface area (Å²) in [4.78, 5) is 12.7. The van der Waals surface area contributed by atoms with Crippen LogP contribution in [0.15, 0.2) is 9.98 Å². The van der Waals surface area contributed by atoms with E-state index in [1.807, 2.05) is 19.0 Å². The van der Waals surface area contributed by atoms with Crippen LogP contribution in [-0.2, 0) is 0 Å². The molecule has 2 heterocycles. The van der Waals surface area contributed by atoms with Gasteiger partial charge in [-0.3, -0.25) is 11.1 Å². The van der Waals surface area contributed by atoms with Gasteiger partial charge in [-0.25, -0.2) is 4.90 Å². The predicted molar refractivity (Wildman–Crippen MR) is 72.8 cm³/mol. The molecule has 1 unspecified atom stereocenters. The molecule has 0 aromatic heterocycles. The largest absolute Gasteiger partial charge is 0.369 e. The quantitative estimate of drug-likeness (QED) is 0.572. The minimum absolute atomic E-state index is 0.320. The molecule has 7 nitrogen and oxygen atoms in total. The van der Waals surface area contributed by atoms with Gasteiger partial charge in [0.05, 0.1) is 0 Å². The molecule has 0 aromatic rings. The summed E-state index contributed by atoms with van der Waals surface area (Å²) in [5, 5.41) is 2.92. The molecule has 102 valence electrons. The zero-order valence-electron chi connectivity index (χ0n) is 11.2. The number of aliphatic imine (C=N–C) groups is 2. The van der Waals surface area contributed by atoms with E-state index in [2.05, 4.69) is 20.2 Å². The molecule has 0 aromatic carbocycles. The Morgan fingerprint density at radius 3 is 2.33 bits per heavy atom. The first-order valence-corrected chi connectivity index (χ1v) is 6.45. The van der Waals surface area contributed by atoms with Crippen LogP contribution in [0.3, 0.4) is 0 Å². The fourth-order valence-corrected chi connectivity index (χ4v) is 2.28. The van der Waals surface area contributed by atoms with Crippen LogP contribution in [-0.4, -0.2) is 54.8 Å². The van der Waals surface area contributed by atoms with Crippen molar-refractivity contribution in [3.63, 3.8) is 0 Å². The Hall–Kier alpha value is -1.34. The summed E-state index contributed by atoms with van der Waals surface area (Å²) in [6.07, 6.45) is 4.76. The van der Waals surface area contributed by atoms with E-state index in [9.17, 15) is 0 Å². The van der Waals surface area contributed by atoms with E-state index in [1.165, 1.54) is 12.8 Å². The lowest BCUT2D eigenvalue weighted by molar-refractivity contribution is 0.109. The van der Waals surface area contributed by atoms with E-state index in [-0.39, 0.29) is 0 Å². The van der Waals surface area contributed by atoms with Gasteiger partial charge in [-0.15, -0.1) is 0 Å². The highest BCUT2D eigenvalue weighted by atomic mass is 15.5. The molecule has 1 fully saturated rings. The Morgan fingerprint density at radius 2 is 1.78 bits per heavy atom. The summed E-state index contributed by atoms with van der Waals surface area (Å²) in [5.74, 6) is -0.0890. The SMILES string of the molecule is CN(C)C1=NC(N)(N2CCCCCC2)N=C(N)N1. The average molecular weight is 253 g/mol. The maximum Gasteiger partial charge on any atom is 0.270 e. The highest BCUT2D eigenvalue weighted by Gasteiger charge is 2.35. The van der Waals surface area contributed by atoms with Crippen molar-refractivity contribution < 1.29 is 0 Å². The van der Waals surface area contributed by atoms with Gasteiger partial charge in [0, 0.05) is 27.2 Å². The lowest BCUT2D eigenvalue weighted by Gasteiger charge is -2.37. The molecule has 0 saturated carbocycles. The summed E-state index contributed by atoms with van der Waals surface area (Å²) in [6.45, 7) is 1.83. The number of hydrogen-bond acceptors (Lipinski definition) is 7. The Bertz CT molecular complexity index is 354. The third-order valence-electron chi connectivity index (χ3n) is 3.29. The maximum absolute atomic E-state index is 6.33. The van der Waals surface area contributed by atoms with Gasteiger partial charge in [-0.1, -0.05) is 12.8 Å². The van der Waals surface area contributed by atoms with Crippen LogP contribution in [0.5, 0.6) is 0 Å². The van der Waals surface area contributed by atoms with Crippen molar-refractivity contribution in [2.45, 2.75) is 31.6 Å². The van der Waals surface area contributed by atoms with Crippen LogP contribution in [0, 0.1) is 0 Å². The summed E-state index contributed by atoms with van der Waals surface area (Å²) < 4.78 is 0. The second-order valence-electron chi connectivity index (χ2n) is 5.04. The molecule has 7 heteroatoms. The smallest absolute Gasteiger partial charge is 0.270 e. The van der Waals surface area contributed by atoms with Crippen LogP contribution < -0.4 is 16.8 Å². The zero-order chi connectivity index (χ0) is 13.2. The van der Waals surface area contributed by atoms with Gasteiger partial charge in [-0.2, -0.15) is 9.98 Å². The molecule has 1 atom stereocenters. The minimum atomic E-state index is -1.06. The first kappa shape index (κ1) is 13.1. The van der Waals surface area contributed by atoms with Crippen molar-refractivity contribution in [3.05, 3.63) is 0 Å². The van der Waals surface area contributed by atoms with Crippen LogP contribution in [0.1, 0.15) is 25.7 Å². The van der Waals surface area contributed by atoms with Crippen molar-refractivity contribution in [1.29, 1.82) is 0 Å². The minimum Gasteiger partial charge on any atom is -0.369 e. The predicted octanol–water partition coefficient (Wildman–Crippen LogP) is -0.732. The molecule has 1 saturated heterocycles. The topological polar surface area (TPSA) is 95.3 Å². The van der Waals surface area contributed by atoms with Gasteiger partial charge in [0.1, 0.15) is 0 Å². The third-order valence-corrected chi connectivity index (χ3v) is 3.29. The normalized spacial score (nSPS) is 29.9. The number of nitrogens with zero attached hydrogens (tertiary/aromatic N) is 4. The number of nitrogens with two attached hydrogens (primary N) is 2. The van der Waals surface area contributed by atoms with E-state index >= 15 is 0 Å². The molecule has 2 rings (SSSR count). The summed E-state index contributed by atoms with van der Waals surface area (Å²) in [6, 6.07) is 0. The number of guanidine groups is 2. The Morgan fingerprint density at radius 1 is 1.17 bits per heavy atom. The lowest BCUT2D eigenvalue weighted by atomic mass is 10.2. The molecule has 18 heavy (non-hydrogen) atoms. The van der Waals surface area contributed by atoms with Crippen LogP contribution in [0.2, 0.25) is 0 Å². The third kappa shape index (κ3) is 2.73. The molecular weight excluding hydrogens is 230 g/mol. The highest BCUT2D eigenvalue weighted by molar-refractivity contribution is 5.99. The molecular formula is C11H23N7. The van der Waals surface area contributed by atoms with Crippen LogP contribution in [0.4, 0.5) is 0 Å². The van der Waals surface area contributed by atoms with Crippen molar-refractivity contribution in [2.75, 3.05) is 27.2 Å². The Labute approximate surface area is 108 Å². The average Bonchev–Trinajstić information content (AvgIpc) is 2.56. The highest BCUT2D eigenvalue weighted by Crippen LogP contribution is 2.20. The van der Waals surface area contributed by atoms with Gasteiger partial charge in [0.2, 0.25) is 5.96 Å². The van der Waals surface area contributed by atoms with Gasteiger partial charge in [-0.05, 0) is 12.8 Å². The second-order valence-corrected chi connectivity index (χ2v) is 5.04. The Kier molecular flexibility index (Phi) is 3.72. The van der Waals surface area contributed by atoms with Crippen LogP contribution in [0.25, 0.3) is 0 Å². The first-order chi connectivity index (χ1) is 8.51. The van der Waals surface area contributed by atoms with Gasteiger partial charge < -0.3 is 10.6 Å². The van der Waals surface area contributed by atoms with E-state index in [1.54, 1.807) is 0 Å². The van der Waals surface area contributed by atoms with Crippen molar-refractivity contribution >= 4 is 11.9 Å². The standard InChI is InChI=1S/C11H23N7/c1-17(2)10-14-9(12)15-11(13,16-10)18-7-5-3-4-6-8-18/h3-8,13H2,1-2H3,(H3,12,14,15,16). The summed E-state index contributed by atoms with van der Waals surface area (Å²) in [7, 11) is 3.79. The summed E-state index contributed by atoms with van der Waals surface area (Å²) in [5.41, 5.74) is 12.1.